The van der Waals surface area contributed by atoms with Crippen LogP contribution in [0.3, 0.4) is 0 Å². The minimum absolute atomic E-state index is 0.237. The average Bonchev–Trinajstić information content (AvgIpc) is 2.64. The summed E-state index contributed by atoms with van der Waals surface area (Å²) in [6.07, 6.45) is 21.3. The van der Waals surface area contributed by atoms with Crippen LogP contribution in [-0.2, 0) is 9.53 Å². The van der Waals surface area contributed by atoms with E-state index in [1.54, 1.807) is 6.92 Å². The van der Waals surface area contributed by atoms with E-state index in [0.29, 0.717) is 17.8 Å². The van der Waals surface area contributed by atoms with E-state index in [9.17, 15) is 9.90 Å². The van der Waals surface area contributed by atoms with Gasteiger partial charge in [0.05, 0.1) is 11.7 Å². The Morgan fingerprint density at radius 3 is 1.58 bits per heavy atom. The fourth-order valence-electron chi connectivity index (χ4n) is 3.59. The lowest BCUT2D eigenvalue weighted by Gasteiger charge is -2.21. The number of aliphatic hydroxyl groups excluding tert-OH is 1. The van der Waals surface area contributed by atoms with Crippen molar-refractivity contribution in [1.82, 2.24) is 0 Å². The van der Waals surface area contributed by atoms with E-state index in [1.165, 1.54) is 89.9 Å². The Morgan fingerprint density at radius 2 is 1.19 bits per heavy atom. The van der Waals surface area contributed by atoms with Gasteiger partial charge in [0, 0.05) is 6.42 Å². The van der Waals surface area contributed by atoms with Gasteiger partial charge in [-0.25, -0.2) is 4.79 Å². The number of hydrogen-bond acceptors (Lipinski definition) is 3. The summed E-state index contributed by atoms with van der Waals surface area (Å²) in [4.78, 5) is 11.0. The highest BCUT2D eigenvalue weighted by Crippen LogP contribution is 2.25. The van der Waals surface area contributed by atoms with Crippen molar-refractivity contribution in [2.45, 2.75) is 129 Å². The number of ether oxygens (including phenoxy) is 1. The zero-order valence-corrected chi connectivity index (χ0v) is 17.4. The van der Waals surface area contributed by atoms with Gasteiger partial charge in [-0.05, 0) is 13.3 Å². The molecule has 0 fully saturated rings. The molecule has 26 heavy (non-hydrogen) atoms. The first-order valence-corrected chi connectivity index (χ1v) is 11.2. The highest BCUT2D eigenvalue weighted by atomic mass is 16.6. The van der Waals surface area contributed by atoms with Gasteiger partial charge in [-0.2, -0.15) is 0 Å². The first kappa shape index (κ1) is 23.2. The predicted octanol–water partition coefficient (Wildman–Crippen LogP) is 6.83. The summed E-state index contributed by atoms with van der Waals surface area (Å²) >= 11 is 0. The number of unbranched alkanes of at least 4 members (excludes halogenated alkanes) is 14. The third-order valence-electron chi connectivity index (χ3n) is 5.50. The minimum Gasteiger partial charge on any atom is -0.427 e. The molecule has 0 amide bonds. The van der Waals surface area contributed by atoms with Crippen molar-refractivity contribution in [2.75, 3.05) is 0 Å². The molecule has 3 nitrogen and oxygen atoms in total. The number of carbonyl (C=O) groups is 1. The second-order valence-corrected chi connectivity index (χ2v) is 8.03. The number of rotatable bonds is 18. The number of hydrogen-bond donors (Lipinski definition) is 1. The van der Waals surface area contributed by atoms with Crippen LogP contribution in [-0.4, -0.2) is 17.2 Å². The molecular formula is C23H42O3. The SMILES string of the molecule is CCCCCCCCCCCCCCCCC[C@H](O)CC1=C(C)C(=O)O1. The Morgan fingerprint density at radius 1 is 0.769 bits per heavy atom. The fourth-order valence-corrected chi connectivity index (χ4v) is 3.59. The van der Waals surface area contributed by atoms with Crippen molar-refractivity contribution < 1.29 is 14.6 Å². The maximum Gasteiger partial charge on any atom is 0.342 e. The quantitative estimate of drug-likeness (QED) is 0.213. The van der Waals surface area contributed by atoms with Gasteiger partial charge in [-0.15, -0.1) is 0 Å². The van der Waals surface area contributed by atoms with Crippen LogP contribution in [0.15, 0.2) is 11.3 Å². The highest BCUT2D eigenvalue weighted by molar-refractivity contribution is 5.94. The summed E-state index contributed by atoms with van der Waals surface area (Å²) in [5.74, 6) is 0.447. The minimum atomic E-state index is -0.366. The van der Waals surface area contributed by atoms with E-state index in [1.807, 2.05) is 0 Å². The van der Waals surface area contributed by atoms with Crippen LogP contribution in [0, 0.1) is 0 Å². The molecule has 0 radical (unpaired) electrons. The van der Waals surface area contributed by atoms with E-state index in [-0.39, 0.29) is 12.1 Å². The first-order valence-electron chi connectivity index (χ1n) is 11.2. The van der Waals surface area contributed by atoms with Crippen LogP contribution in [0.2, 0.25) is 0 Å². The summed E-state index contributed by atoms with van der Waals surface area (Å²) in [6, 6.07) is 0. The van der Waals surface area contributed by atoms with E-state index < -0.39 is 0 Å². The molecule has 0 unspecified atom stereocenters. The molecule has 0 aromatic rings. The highest BCUT2D eigenvalue weighted by Gasteiger charge is 2.27. The molecule has 152 valence electrons. The molecule has 3 heteroatoms. The molecule has 0 aromatic carbocycles. The molecule has 0 saturated heterocycles. The topological polar surface area (TPSA) is 46.5 Å². The Bertz CT molecular complexity index is 400. The van der Waals surface area contributed by atoms with Crippen molar-refractivity contribution in [3.63, 3.8) is 0 Å². The van der Waals surface area contributed by atoms with Crippen LogP contribution in [0.25, 0.3) is 0 Å². The third-order valence-corrected chi connectivity index (χ3v) is 5.50. The number of aliphatic hydroxyl groups is 1. The molecular weight excluding hydrogens is 324 g/mol. The van der Waals surface area contributed by atoms with E-state index in [0.717, 1.165) is 12.8 Å². The summed E-state index contributed by atoms with van der Waals surface area (Å²) in [5.41, 5.74) is 0.681. The smallest absolute Gasteiger partial charge is 0.342 e. The average molecular weight is 367 g/mol. The van der Waals surface area contributed by atoms with E-state index in [2.05, 4.69) is 6.92 Å². The largest absolute Gasteiger partial charge is 0.427 e. The molecule has 0 bridgehead atoms. The normalized spacial score (nSPS) is 15.1. The summed E-state index contributed by atoms with van der Waals surface area (Å²) < 4.78 is 4.93. The predicted molar refractivity (Wildman–Crippen MR) is 109 cm³/mol. The van der Waals surface area contributed by atoms with Gasteiger partial charge < -0.3 is 9.84 Å². The second kappa shape index (κ2) is 15.2. The Kier molecular flexibility index (Phi) is 13.6. The zero-order chi connectivity index (χ0) is 19.0. The van der Waals surface area contributed by atoms with Crippen molar-refractivity contribution in [1.29, 1.82) is 0 Å². The Labute approximate surface area is 161 Å². The molecule has 1 aliphatic rings. The summed E-state index contributed by atoms with van der Waals surface area (Å²) in [6.45, 7) is 4.04. The van der Waals surface area contributed by atoms with E-state index in [4.69, 9.17) is 4.74 Å². The fraction of sp³-hybridized carbons (Fsp3) is 0.870. The van der Waals surface area contributed by atoms with Gasteiger partial charge in [-0.1, -0.05) is 103 Å². The Balaban J connectivity index is 1.76. The lowest BCUT2D eigenvalue weighted by molar-refractivity contribution is -0.141. The number of esters is 1. The van der Waals surface area contributed by atoms with Gasteiger partial charge in [0.2, 0.25) is 0 Å². The summed E-state index contributed by atoms with van der Waals surface area (Å²) in [7, 11) is 0. The molecule has 1 atom stereocenters. The molecule has 1 N–H and O–H groups in total. The van der Waals surface area contributed by atoms with Gasteiger partial charge in [0.1, 0.15) is 5.76 Å². The van der Waals surface area contributed by atoms with Crippen LogP contribution in [0.1, 0.15) is 123 Å². The third kappa shape index (κ3) is 11.0. The van der Waals surface area contributed by atoms with Crippen molar-refractivity contribution in [3.05, 3.63) is 11.3 Å². The number of cyclic esters (lactones) is 1. The van der Waals surface area contributed by atoms with Gasteiger partial charge >= 0.3 is 5.97 Å². The lowest BCUT2D eigenvalue weighted by Crippen LogP contribution is -2.23. The standard InChI is InChI=1S/C23H42O3/c1-3-4-5-6-7-8-9-10-11-12-13-14-15-16-17-18-21(24)19-22-20(2)23(25)26-22/h21,24H,3-19H2,1-2H3/t21-/m0/s1. The zero-order valence-electron chi connectivity index (χ0n) is 17.4. The molecule has 0 aromatic heterocycles. The first-order chi connectivity index (χ1) is 12.6. The molecule has 0 saturated carbocycles. The summed E-state index contributed by atoms with van der Waals surface area (Å²) in [5, 5.41) is 9.97. The van der Waals surface area contributed by atoms with Crippen molar-refractivity contribution in [2.24, 2.45) is 0 Å². The molecule has 0 aliphatic carbocycles. The van der Waals surface area contributed by atoms with Crippen LogP contribution < -0.4 is 0 Å². The maximum atomic E-state index is 11.0. The number of carbonyl (C=O) groups excluding carboxylic acids is 1. The van der Waals surface area contributed by atoms with Crippen molar-refractivity contribution in [3.8, 4) is 0 Å². The second-order valence-electron chi connectivity index (χ2n) is 8.03. The Hall–Kier alpha value is -0.830. The molecule has 0 spiro atoms. The van der Waals surface area contributed by atoms with Crippen LogP contribution >= 0.6 is 0 Å². The van der Waals surface area contributed by atoms with E-state index >= 15 is 0 Å². The molecule has 1 heterocycles. The van der Waals surface area contributed by atoms with Crippen LogP contribution in [0.5, 0.6) is 0 Å². The maximum absolute atomic E-state index is 11.0. The van der Waals surface area contributed by atoms with Gasteiger partial charge in [0.25, 0.3) is 0 Å². The van der Waals surface area contributed by atoms with Crippen molar-refractivity contribution >= 4 is 5.97 Å². The lowest BCUT2D eigenvalue weighted by atomic mass is 10.0. The van der Waals surface area contributed by atoms with Gasteiger partial charge in [0.15, 0.2) is 0 Å². The van der Waals surface area contributed by atoms with Gasteiger partial charge in [-0.3, -0.25) is 0 Å². The monoisotopic (exact) mass is 366 g/mol. The molecule has 1 rings (SSSR count). The van der Waals surface area contributed by atoms with Crippen LogP contribution in [0.4, 0.5) is 0 Å². The molecule has 1 aliphatic heterocycles.